The molecule has 1 aliphatic rings. The van der Waals surface area contributed by atoms with Gasteiger partial charge in [0.15, 0.2) is 0 Å². The Balaban J connectivity index is 1.88. The molecule has 0 saturated carbocycles. The average Bonchev–Trinajstić information content (AvgIpc) is 2.38. The summed E-state index contributed by atoms with van der Waals surface area (Å²) in [6, 6.07) is 12.7. The summed E-state index contributed by atoms with van der Waals surface area (Å²) in [4.78, 5) is 0. The molecule has 3 rings (SSSR count). The highest BCUT2D eigenvalue weighted by atomic mass is 19.1. The molecule has 1 aliphatic heterocycles. The predicted molar refractivity (Wildman–Crippen MR) is 69.4 cm³/mol. The number of benzene rings is 2. The van der Waals surface area contributed by atoms with Crippen LogP contribution in [0.25, 0.3) is 0 Å². The van der Waals surface area contributed by atoms with Gasteiger partial charge in [0.25, 0.3) is 0 Å². The number of nitrogens with one attached hydrogen (secondary N) is 1. The quantitative estimate of drug-likeness (QED) is 0.825. The van der Waals surface area contributed by atoms with Gasteiger partial charge in [0.1, 0.15) is 18.2 Å². The highest BCUT2D eigenvalue weighted by molar-refractivity contribution is 5.60. The van der Waals surface area contributed by atoms with E-state index in [4.69, 9.17) is 4.74 Å². The van der Waals surface area contributed by atoms with Crippen LogP contribution in [0, 0.1) is 12.7 Å². The molecule has 0 unspecified atom stereocenters. The van der Waals surface area contributed by atoms with E-state index in [0.717, 1.165) is 17.0 Å². The van der Waals surface area contributed by atoms with Crippen molar-refractivity contribution in [3.63, 3.8) is 0 Å². The van der Waals surface area contributed by atoms with Crippen LogP contribution in [0.3, 0.4) is 0 Å². The van der Waals surface area contributed by atoms with Gasteiger partial charge < -0.3 is 10.1 Å². The lowest BCUT2D eigenvalue weighted by Gasteiger charge is -2.28. The third-order valence-corrected chi connectivity index (χ3v) is 3.14. The molecule has 0 bridgehead atoms. The molecule has 0 amide bonds. The number of halogens is 1. The van der Waals surface area contributed by atoms with Crippen molar-refractivity contribution in [2.75, 3.05) is 11.9 Å². The molecule has 0 saturated heterocycles. The minimum atomic E-state index is -0.216. The van der Waals surface area contributed by atoms with Crippen LogP contribution < -0.4 is 10.1 Å². The molecule has 2 aromatic rings. The predicted octanol–water partition coefficient (Wildman–Crippen LogP) is 3.68. The number of anilines is 1. The fourth-order valence-corrected chi connectivity index (χ4v) is 2.16. The van der Waals surface area contributed by atoms with E-state index in [1.165, 1.54) is 17.7 Å². The second-order valence-electron chi connectivity index (χ2n) is 4.56. The summed E-state index contributed by atoms with van der Waals surface area (Å²) in [5.74, 6) is 0.658. The molecule has 0 aliphatic carbocycles. The van der Waals surface area contributed by atoms with Gasteiger partial charge in [0, 0.05) is 0 Å². The Morgan fingerprint density at radius 3 is 2.72 bits per heavy atom. The summed E-state index contributed by atoms with van der Waals surface area (Å²) in [7, 11) is 0. The Morgan fingerprint density at radius 1 is 1.17 bits per heavy atom. The van der Waals surface area contributed by atoms with Gasteiger partial charge in [-0.15, -0.1) is 0 Å². The molecule has 0 radical (unpaired) electrons. The van der Waals surface area contributed by atoms with Crippen molar-refractivity contribution in [1.82, 2.24) is 0 Å². The monoisotopic (exact) mass is 243 g/mol. The third-order valence-electron chi connectivity index (χ3n) is 3.14. The first-order valence-electron chi connectivity index (χ1n) is 5.98. The largest absolute Gasteiger partial charge is 0.489 e. The Morgan fingerprint density at radius 2 is 1.94 bits per heavy atom. The van der Waals surface area contributed by atoms with E-state index in [9.17, 15) is 4.39 Å². The maximum Gasteiger partial charge on any atom is 0.142 e. The highest BCUT2D eigenvalue weighted by Crippen LogP contribution is 2.34. The van der Waals surface area contributed by atoms with Crippen LogP contribution in [0.2, 0.25) is 0 Å². The Labute approximate surface area is 105 Å². The zero-order valence-electron chi connectivity index (χ0n) is 10.1. The highest BCUT2D eigenvalue weighted by Gasteiger charge is 2.20. The van der Waals surface area contributed by atoms with Crippen LogP contribution in [-0.4, -0.2) is 6.61 Å². The average molecular weight is 243 g/mol. The van der Waals surface area contributed by atoms with Gasteiger partial charge in [-0.05, 0) is 42.3 Å². The first-order valence-corrected chi connectivity index (χ1v) is 5.98. The summed E-state index contributed by atoms with van der Waals surface area (Å²) < 4.78 is 18.6. The molecule has 0 spiro atoms. The third kappa shape index (κ3) is 2.04. The van der Waals surface area contributed by atoms with E-state index in [-0.39, 0.29) is 11.9 Å². The molecular weight excluding hydrogens is 229 g/mol. The first kappa shape index (κ1) is 11.1. The normalized spacial score (nSPS) is 17.6. The Bertz CT molecular complexity index is 565. The number of rotatable bonds is 1. The summed E-state index contributed by atoms with van der Waals surface area (Å²) in [5, 5.41) is 3.43. The lowest BCUT2D eigenvalue weighted by Crippen LogP contribution is -2.23. The van der Waals surface area contributed by atoms with Crippen molar-refractivity contribution in [1.29, 1.82) is 0 Å². The number of ether oxygens (including phenoxy) is 1. The summed E-state index contributed by atoms with van der Waals surface area (Å²) >= 11 is 0. The molecule has 0 fully saturated rings. The van der Waals surface area contributed by atoms with Crippen LogP contribution >= 0.6 is 0 Å². The van der Waals surface area contributed by atoms with Gasteiger partial charge in [-0.2, -0.15) is 0 Å². The van der Waals surface area contributed by atoms with E-state index in [1.807, 2.05) is 19.1 Å². The van der Waals surface area contributed by atoms with E-state index in [0.29, 0.717) is 6.61 Å². The molecule has 0 aromatic heterocycles. The van der Waals surface area contributed by atoms with Gasteiger partial charge >= 0.3 is 0 Å². The molecule has 1 N–H and O–H groups in total. The first-order chi connectivity index (χ1) is 8.72. The second kappa shape index (κ2) is 4.33. The fraction of sp³-hybridized carbons (Fsp3) is 0.200. The molecule has 2 aromatic carbocycles. The van der Waals surface area contributed by atoms with Crippen LogP contribution in [0.1, 0.15) is 17.2 Å². The van der Waals surface area contributed by atoms with Crippen molar-refractivity contribution in [2.24, 2.45) is 0 Å². The lowest BCUT2D eigenvalue weighted by molar-refractivity contribution is 0.286. The van der Waals surface area contributed by atoms with Crippen molar-refractivity contribution in [3.8, 4) is 5.75 Å². The summed E-state index contributed by atoms with van der Waals surface area (Å²) in [5.41, 5.74) is 3.21. The van der Waals surface area contributed by atoms with E-state index < -0.39 is 0 Å². The van der Waals surface area contributed by atoms with Gasteiger partial charge in [-0.25, -0.2) is 4.39 Å². The van der Waals surface area contributed by atoms with E-state index in [2.05, 4.69) is 11.4 Å². The molecule has 3 heteroatoms. The van der Waals surface area contributed by atoms with Crippen LogP contribution in [0.4, 0.5) is 10.1 Å². The maximum absolute atomic E-state index is 12.9. The molecular formula is C15H14FNO. The smallest absolute Gasteiger partial charge is 0.142 e. The van der Waals surface area contributed by atoms with Gasteiger partial charge in [-0.1, -0.05) is 18.2 Å². The minimum Gasteiger partial charge on any atom is -0.489 e. The van der Waals surface area contributed by atoms with Gasteiger partial charge in [-0.3, -0.25) is 0 Å². The lowest BCUT2D eigenvalue weighted by atomic mass is 10.1. The molecule has 92 valence electrons. The zero-order valence-corrected chi connectivity index (χ0v) is 10.1. The number of hydrogen-bond acceptors (Lipinski definition) is 2. The summed E-state index contributed by atoms with van der Waals surface area (Å²) in [6.07, 6.45) is 0. The zero-order chi connectivity index (χ0) is 12.5. The van der Waals surface area contributed by atoms with Crippen LogP contribution in [0.5, 0.6) is 5.75 Å². The van der Waals surface area contributed by atoms with Crippen molar-refractivity contribution < 1.29 is 9.13 Å². The molecule has 1 heterocycles. The van der Waals surface area contributed by atoms with E-state index in [1.54, 1.807) is 12.1 Å². The standard InChI is InChI=1S/C15H14FNO/c1-10-2-7-15-13(8-10)17-14(9-18-15)11-3-5-12(16)6-4-11/h2-8,14,17H,9H2,1H3/t14-/m0/s1. The Hall–Kier alpha value is -2.03. The topological polar surface area (TPSA) is 21.3 Å². The van der Waals surface area contributed by atoms with Crippen molar-refractivity contribution >= 4 is 5.69 Å². The fourth-order valence-electron chi connectivity index (χ4n) is 2.16. The Kier molecular flexibility index (Phi) is 2.67. The number of aryl methyl sites for hydroxylation is 1. The van der Waals surface area contributed by atoms with E-state index >= 15 is 0 Å². The van der Waals surface area contributed by atoms with Crippen molar-refractivity contribution in [3.05, 3.63) is 59.4 Å². The SMILES string of the molecule is Cc1ccc2c(c1)N[C@H](c1ccc(F)cc1)CO2. The molecule has 2 nitrogen and oxygen atoms in total. The van der Waals surface area contributed by atoms with Gasteiger partial charge in [0.2, 0.25) is 0 Å². The maximum atomic E-state index is 12.9. The second-order valence-corrected chi connectivity index (χ2v) is 4.56. The van der Waals surface area contributed by atoms with Crippen molar-refractivity contribution in [2.45, 2.75) is 13.0 Å². The minimum absolute atomic E-state index is 0.0694. The van der Waals surface area contributed by atoms with Gasteiger partial charge in [0.05, 0.1) is 11.7 Å². The summed E-state index contributed by atoms with van der Waals surface area (Å²) in [6.45, 7) is 2.60. The van der Waals surface area contributed by atoms with Crippen LogP contribution in [0.15, 0.2) is 42.5 Å². The number of fused-ring (bicyclic) bond motifs is 1. The molecule has 1 atom stereocenters. The van der Waals surface area contributed by atoms with Crippen LogP contribution in [-0.2, 0) is 0 Å². The molecule has 18 heavy (non-hydrogen) atoms. The number of hydrogen-bond donors (Lipinski definition) is 1.